The number of nitrogens with zero attached hydrogens (tertiary/aromatic N) is 1. The number of likely N-dealkylation sites (tertiary alicyclic amines) is 1. The predicted octanol–water partition coefficient (Wildman–Crippen LogP) is 2.62. The lowest BCUT2D eigenvalue weighted by Gasteiger charge is -2.84. The molecule has 2 saturated heterocycles. The van der Waals surface area contributed by atoms with Crippen molar-refractivity contribution in [1.29, 1.82) is 0 Å². The van der Waals surface area contributed by atoms with Gasteiger partial charge in [0.2, 0.25) is 5.91 Å². The summed E-state index contributed by atoms with van der Waals surface area (Å²) in [6, 6.07) is -0.489. The van der Waals surface area contributed by atoms with E-state index in [0.717, 1.165) is 25.3 Å². The Kier molecular flexibility index (Phi) is 3.77. The summed E-state index contributed by atoms with van der Waals surface area (Å²) in [6.45, 7) is 11.4. The van der Waals surface area contributed by atoms with Crippen molar-refractivity contribution in [1.82, 2.24) is 4.90 Å². The summed E-state index contributed by atoms with van der Waals surface area (Å²) in [4.78, 5) is 15.0. The molecule has 0 aromatic rings. The van der Waals surface area contributed by atoms with Gasteiger partial charge in [-0.05, 0) is 68.6 Å². The van der Waals surface area contributed by atoms with E-state index in [4.69, 9.17) is 15.0 Å². The van der Waals surface area contributed by atoms with Gasteiger partial charge in [-0.25, -0.2) is 0 Å². The number of carbonyl (C=O) groups excluding carboxylic acids is 1. The van der Waals surface area contributed by atoms with Gasteiger partial charge in [0.25, 0.3) is 0 Å². The largest absolute Gasteiger partial charge is 0.481 e. The van der Waals surface area contributed by atoms with Crippen LogP contribution >= 0.6 is 0 Å². The Balaban J connectivity index is 1.34. The van der Waals surface area contributed by atoms with Crippen molar-refractivity contribution >= 4 is 13.0 Å². The Labute approximate surface area is 163 Å². The number of hydrogen-bond acceptors (Lipinski definition) is 4. The Hall–Kier alpha value is -0.585. The standard InChI is InChI=1S/C21H35BN2O3/c1-12-16-20(5,14-11-13-8-9-21(13,14)16)27-22(26-12)15-7-6-10-24(15)18(25)17(23)19(2,3)4/h12-17H,6-11,23H2,1-5H3/t12-,13?,14?,15+,16?,17?,20+,21?/m1/s1. The van der Waals surface area contributed by atoms with Crippen LogP contribution in [0.2, 0.25) is 0 Å². The fourth-order valence-electron chi connectivity index (χ4n) is 7.56. The van der Waals surface area contributed by atoms with Crippen molar-refractivity contribution < 1.29 is 14.1 Å². The highest BCUT2D eigenvalue weighted by atomic mass is 16.6. The van der Waals surface area contributed by atoms with Crippen LogP contribution in [-0.4, -0.2) is 48.2 Å². The van der Waals surface area contributed by atoms with Crippen molar-refractivity contribution in [2.45, 2.75) is 90.4 Å². The first-order valence-electron chi connectivity index (χ1n) is 11.0. The van der Waals surface area contributed by atoms with Gasteiger partial charge in [-0.1, -0.05) is 20.8 Å². The maximum atomic E-state index is 13.1. The molecular weight excluding hydrogens is 339 g/mol. The first-order valence-corrected chi connectivity index (χ1v) is 11.0. The number of hydrogen-bond donors (Lipinski definition) is 1. The van der Waals surface area contributed by atoms with Crippen LogP contribution in [0.4, 0.5) is 0 Å². The highest BCUT2D eigenvalue weighted by Crippen LogP contribution is 2.82. The van der Waals surface area contributed by atoms with Gasteiger partial charge in [-0.3, -0.25) is 4.79 Å². The van der Waals surface area contributed by atoms with E-state index in [-0.39, 0.29) is 36.1 Å². The molecule has 150 valence electrons. The van der Waals surface area contributed by atoms with Gasteiger partial charge in [0.05, 0.1) is 17.6 Å². The Morgan fingerprint density at radius 1 is 1.33 bits per heavy atom. The van der Waals surface area contributed by atoms with E-state index in [1.165, 1.54) is 19.3 Å². The molecule has 3 aliphatic carbocycles. The minimum Gasteiger partial charge on any atom is -0.407 e. The zero-order valence-electron chi connectivity index (χ0n) is 17.5. The van der Waals surface area contributed by atoms with E-state index in [9.17, 15) is 4.79 Å². The number of nitrogens with two attached hydrogens (primary N) is 1. The maximum Gasteiger partial charge on any atom is 0.481 e. The molecule has 5 fully saturated rings. The summed E-state index contributed by atoms with van der Waals surface area (Å²) in [5.41, 5.74) is 6.51. The van der Waals surface area contributed by atoms with Crippen LogP contribution in [-0.2, 0) is 14.1 Å². The molecule has 0 aromatic carbocycles. The molecule has 2 N–H and O–H groups in total. The summed E-state index contributed by atoms with van der Waals surface area (Å²) in [5, 5.41) is 0. The lowest BCUT2D eigenvalue weighted by atomic mass is 9.24. The van der Waals surface area contributed by atoms with Crippen molar-refractivity contribution in [2.24, 2.45) is 34.3 Å². The quantitative estimate of drug-likeness (QED) is 0.755. The third-order valence-corrected chi connectivity index (χ3v) is 9.03. The molecule has 1 amide bonds. The summed E-state index contributed by atoms with van der Waals surface area (Å²) in [6.07, 6.45) is 6.24. The van der Waals surface area contributed by atoms with Gasteiger partial charge < -0.3 is 19.9 Å². The second kappa shape index (κ2) is 5.51. The van der Waals surface area contributed by atoms with Gasteiger partial charge >= 0.3 is 7.12 Å². The second-order valence-electron chi connectivity index (χ2n) is 11.2. The van der Waals surface area contributed by atoms with E-state index in [2.05, 4.69) is 13.8 Å². The van der Waals surface area contributed by atoms with Gasteiger partial charge in [-0.15, -0.1) is 0 Å². The zero-order chi connectivity index (χ0) is 19.4. The van der Waals surface area contributed by atoms with E-state index in [0.29, 0.717) is 17.3 Å². The number of fused-ring (bicyclic) bond motifs is 2. The SMILES string of the molecule is C[C@H]1OB([C@@H]2CCCN2C(=O)C(N)C(C)(C)C)O[C@@]2(C)C3CC4CCC43C12. The minimum absolute atomic E-state index is 0.0000565. The lowest BCUT2D eigenvalue weighted by Crippen LogP contribution is -2.86. The van der Waals surface area contributed by atoms with Crippen LogP contribution < -0.4 is 5.73 Å². The fraction of sp³-hybridized carbons (Fsp3) is 0.952. The average Bonchev–Trinajstić information content (AvgIpc) is 3.04. The van der Waals surface area contributed by atoms with E-state index >= 15 is 0 Å². The molecule has 6 heteroatoms. The lowest BCUT2D eigenvalue weighted by molar-refractivity contribution is -0.392. The molecule has 1 spiro atoms. The van der Waals surface area contributed by atoms with Crippen LogP contribution in [0.15, 0.2) is 0 Å². The molecule has 0 aromatic heterocycles. The second-order valence-corrected chi connectivity index (χ2v) is 11.2. The summed E-state index contributed by atoms with van der Waals surface area (Å²) in [7, 11) is -0.309. The van der Waals surface area contributed by atoms with Gasteiger partial charge in [0.15, 0.2) is 0 Å². The zero-order valence-corrected chi connectivity index (χ0v) is 17.5. The highest BCUT2D eigenvalue weighted by Gasteiger charge is 2.82. The van der Waals surface area contributed by atoms with E-state index in [1.54, 1.807) is 0 Å². The predicted molar refractivity (Wildman–Crippen MR) is 105 cm³/mol. The molecule has 5 aliphatic rings. The normalized spacial score (nSPS) is 49.2. The molecular formula is C21H35BN2O3. The molecule has 5 nitrogen and oxygen atoms in total. The summed E-state index contributed by atoms with van der Waals surface area (Å²) in [5.74, 6) is 2.19. The number of carbonyl (C=O) groups is 1. The molecule has 0 radical (unpaired) electrons. The number of rotatable bonds is 2. The molecule has 5 rings (SSSR count). The number of amides is 1. The smallest absolute Gasteiger partial charge is 0.407 e. The molecule has 8 atom stereocenters. The third-order valence-electron chi connectivity index (χ3n) is 9.03. The molecule has 5 unspecified atom stereocenters. The Morgan fingerprint density at radius 2 is 2.07 bits per heavy atom. The Morgan fingerprint density at radius 3 is 2.67 bits per heavy atom. The molecule has 3 saturated carbocycles. The van der Waals surface area contributed by atoms with Crippen molar-refractivity contribution in [3.05, 3.63) is 0 Å². The van der Waals surface area contributed by atoms with Gasteiger partial charge in [-0.2, -0.15) is 0 Å². The molecule has 0 bridgehead atoms. The van der Waals surface area contributed by atoms with Crippen LogP contribution in [0.3, 0.4) is 0 Å². The maximum absolute atomic E-state index is 13.1. The van der Waals surface area contributed by atoms with Gasteiger partial charge in [0.1, 0.15) is 0 Å². The molecule has 2 aliphatic heterocycles. The van der Waals surface area contributed by atoms with Crippen molar-refractivity contribution in [2.75, 3.05) is 6.54 Å². The van der Waals surface area contributed by atoms with Crippen LogP contribution in [0.25, 0.3) is 0 Å². The summed E-state index contributed by atoms with van der Waals surface area (Å²) < 4.78 is 13.2. The van der Waals surface area contributed by atoms with E-state index < -0.39 is 6.04 Å². The topological polar surface area (TPSA) is 64.8 Å². The van der Waals surface area contributed by atoms with E-state index in [1.807, 2.05) is 25.7 Å². The monoisotopic (exact) mass is 374 g/mol. The van der Waals surface area contributed by atoms with Crippen molar-refractivity contribution in [3.63, 3.8) is 0 Å². The first-order chi connectivity index (χ1) is 12.6. The summed E-state index contributed by atoms with van der Waals surface area (Å²) >= 11 is 0. The van der Waals surface area contributed by atoms with Crippen LogP contribution in [0.5, 0.6) is 0 Å². The molecule has 2 heterocycles. The van der Waals surface area contributed by atoms with Crippen LogP contribution in [0, 0.1) is 28.6 Å². The highest BCUT2D eigenvalue weighted by molar-refractivity contribution is 6.47. The first kappa shape index (κ1) is 18.4. The Bertz CT molecular complexity index is 666. The third kappa shape index (κ3) is 2.15. The van der Waals surface area contributed by atoms with Crippen LogP contribution in [0.1, 0.15) is 66.7 Å². The average molecular weight is 374 g/mol. The minimum atomic E-state index is -0.489. The fourth-order valence-corrected chi connectivity index (χ4v) is 7.56. The van der Waals surface area contributed by atoms with Gasteiger partial charge in [0, 0.05) is 18.6 Å². The molecule has 27 heavy (non-hydrogen) atoms. The van der Waals surface area contributed by atoms with Crippen molar-refractivity contribution in [3.8, 4) is 0 Å².